The van der Waals surface area contributed by atoms with Gasteiger partial charge in [-0.25, -0.2) is 13.2 Å². The first-order chi connectivity index (χ1) is 6.92. The number of carbonyl (C=O) groups is 1. The summed E-state index contributed by atoms with van der Waals surface area (Å²) in [6.45, 7) is 0. The molecule has 0 saturated heterocycles. The third-order valence-electron chi connectivity index (χ3n) is 2.36. The highest BCUT2D eigenvalue weighted by Gasteiger charge is 2.29. The van der Waals surface area contributed by atoms with Gasteiger partial charge in [0.2, 0.25) is 0 Å². The number of fused-ring (bicyclic) bond motifs is 1. The fraction of sp³-hybridized carbons (Fsp3) is 0.222. The van der Waals surface area contributed by atoms with Gasteiger partial charge in [-0.1, -0.05) is 11.6 Å². The molecule has 4 nitrogen and oxygen atoms in total. The number of hydrogen-bond acceptors (Lipinski definition) is 3. The standard InChI is InChI=1S/C9H7ClO4S/c10-7-3-5(9(11)12)4-8-6(7)1-2-15(8,13)14/h3-4H,1-2H2,(H,11,12). The molecule has 0 fully saturated rings. The molecule has 1 aliphatic heterocycles. The van der Waals surface area contributed by atoms with Crippen LogP contribution in [0, 0.1) is 0 Å². The van der Waals surface area contributed by atoms with Crippen molar-refractivity contribution in [3.8, 4) is 0 Å². The van der Waals surface area contributed by atoms with Crippen LogP contribution in [0.3, 0.4) is 0 Å². The molecule has 1 aliphatic rings. The monoisotopic (exact) mass is 246 g/mol. The number of halogens is 1. The average molecular weight is 247 g/mol. The Balaban J connectivity index is 2.75. The number of carboxylic acid groups (broad SMARTS) is 1. The smallest absolute Gasteiger partial charge is 0.335 e. The molecule has 0 atom stereocenters. The highest BCUT2D eigenvalue weighted by molar-refractivity contribution is 7.91. The van der Waals surface area contributed by atoms with Crippen molar-refractivity contribution in [3.05, 3.63) is 28.3 Å². The molecule has 1 aromatic rings. The van der Waals surface area contributed by atoms with Crippen molar-refractivity contribution < 1.29 is 18.3 Å². The van der Waals surface area contributed by atoms with Crippen molar-refractivity contribution in [2.45, 2.75) is 11.3 Å². The Kier molecular flexibility index (Phi) is 2.24. The number of aromatic carboxylic acids is 1. The van der Waals surface area contributed by atoms with Gasteiger partial charge in [0, 0.05) is 5.02 Å². The number of carboxylic acids is 1. The molecule has 1 N–H and O–H groups in total. The van der Waals surface area contributed by atoms with Crippen LogP contribution in [0.5, 0.6) is 0 Å². The van der Waals surface area contributed by atoms with E-state index in [4.69, 9.17) is 16.7 Å². The zero-order valence-electron chi connectivity index (χ0n) is 7.53. The Bertz CT molecular complexity index is 547. The lowest BCUT2D eigenvalue weighted by Gasteiger charge is -2.02. The third-order valence-corrected chi connectivity index (χ3v) is 4.47. The van der Waals surface area contributed by atoms with Crippen LogP contribution in [0.4, 0.5) is 0 Å². The van der Waals surface area contributed by atoms with Crippen LogP contribution in [-0.4, -0.2) is 25.2 Å². The minimum Gasteiger partial charge on any atom is -0.478 e. The maximum atomic E-state index is 11.5. The van der Waals surface area contributed by atoms with E-state index in [1.807, 2.05) is 0 Å². The van der Waals surface area contributed by atoms with Gasteiger partial charge < -0.3 is 5.11 Å². The lowest BCUT2D eigenvalue weighted by Crippen LogP contribution is -2.02. The summed E-state index contributed by atoms with van der Waals surface area (Å²) >= 11 is 5.82. The van der Waals surface area contributed by atoms with E-state index in [2.05, 4.69) is 0 Å². The topological polar surface area (TPSA) is 71.4 Å². The second kappa shape index (κ2) is 3.21. The molecule has 0 unspecified atom stereocenters. The van der Waals surface area contributed by atoms with Crippen LogP contribution in [0.2, 0.25) is 5.02 Å². The van der Waals surface area contributed by atoms with Crippen LogP contribution in [0.25, 0.3) is 0 Å². The molecule has 0 aliphatic carbocycles. The van der Waals surface area contributed by atoms with Crippen LogP contribution in [0.15, 0.2) is 17.0 Å². The van der Waals surface area contributed by atoms with E-state index in [1.54, 1.807) is 0 Å². The van der Waals surface area contributed by atoms with E-state index in [-0.39, 0.29) is 21.2 Å². The first-order valence-electron chi connectivity index (χ1n) is 4.20. The van der Waals surface area contributed by atoms with Crippen molar-refractivity contribution in [3.63, 3.8) is 0 Å². The lowest BCUT2D eigenvalue weighted by molar-refractivity contribution is 0.0696. The molecule has 2 rings (SSSR count). The van der Waals surface area contributed by atoms with Crippen LogP contribution in [-0.2, 0) is 16.3 Å². The molecule has 0 spiro atoms. The van der Waals surface area contributed by atoms with Crippen molar-refractivity contribution in [1.82, 2.24) is 0 Å². The normalized spacial score (nSPS) is 17.4. The summed E-state index contributed by atoms with van der Waals surface area (Å²) in [5.74, 6) is -1.17. The molecule has 80 valence electrons. The molecule has 0 radical (unpaired) electrons. The molecule has 0 aromatic heterocycles. The van der Waals surface area contributed by atoms with Gasteiger partial charge in [-0.3, -0.25) is 0 Å². The molecule has 1 aromatic carbocycles. The summed E-state index contributed by atoms with van der Waals surface area (Å²) in [6.07, 6.45) is 0.358. The summed E-state index contributed by atoms with van der Waals surface area (Å²) in [5.41, 5.74) is 0.436. The van der Waals surface area contributed by atoms with Gasteiger partial charge >= 0.3 is 5.97 Å². The Labute approximate surface area is 91.4 Å². The van der Waals surface area contributed by atoms with Gasteiger partial charge in [0.1, 0.15) is 0 Å². The predicted octanol–water partition coefficient (Wildman–Crippen LogP) is 1.37. The summed E-state index contributed by atoms with van der Waals surface area (Å²) in [5, 5.41) is 8.97. The van der Waals surface area contributed by atoms with Gasteiger partial charge in [-0.2, -0.15) is 0 Å². The molecule has 15 heavy (non-hydrogen) atoms. The van der Waals surface area contributed by atoms with E-state index < -0.39 is 15.8 Å². The number of sulfone groups is 1. The largest absolute Gasteiger partial charge is 0.478 e. The second-order valence-electron chi connectivity index (χ2n) is 3.31. The van der Waals surface area contributed by atoms with Crippen LogP contribution >= 0.6 is 11.6 Å². The van der Waals surface area contributed by atoms with Gasteiger partial charge in [-0.05, 0) is 24.1 Å². The highest BCUT2D eigenvalue weighted by atomic mass is 35.5. The quantitative estimate of drug-likeness (QED) is 0.812. The second-order valence-corrected chi connectivity index (χ2v) is 5.79. The fourth-order valence-corrected chi connectivity index (χ4v) is 3.56. The van der Waals surface area contributed by atoms with E-state index in [1.165, 1.54) is 12.1 Å². The molecular weight excluding hydrogens is 240 g/mol. The SMILES string of the molecule is O=C(O)c1cc(Cl)c2c(c1)S(=O)(=O)CC2. The van der Waals surface area contributed by atoms with Crippen molar-refractivity contribution in [1.29, 1.82) is 0 Å². The lowest BCUT2D eigenvalue weighted by atomic mass is 10.1. The van der Waals surface area contributed by atoms with E-state index in [9.17, 15) is 13.2 Å². The van der Waals surface area contributed by atoms with Gasteiger partial charge in [0.05, 0.1) is 16.2 Å². The van der Waals surface area contributed by atoms with Crippen LogP contribution in [0.1, 0.15) is 15.9 Å². The Hall–Kier alpha value is -1.07. The molecular formula is C9H7ClO4S. The van der Waals surface area contributed by atoms with E-state index >= 15 is 0 Å². The minimum atomic E-state index is -3.33. The van der Waals surface area contributed by atoms with Crippen molar-refractivity contribution in [2.24, 2.45) is 0 Å². The van der Waals surface area contributed by atoms with E-state index in [0.29, 0.717) is 12.0 Å². The first kappa shape index (κ1) is 10.4. The van der Waals surface area contributed by atoms with Gasteiger partial charge in [0.25, 0.3) is 0 Å². The van der Waals surface area contributed by atoms with Gasteiger partial charge in [0.15, 0.2) is 9.84 Å². The predicted molar refractivity (Wildman–Crippen MR) is 54.2 cm³/mol. The van der Waals surface area contributed by atoms with Gasteiger partial charge in [-0.15, -0.1) is 0 Å². The number of benzene rings is 1. The minimum absolute atomic E-state index is 0.00509. The van der Waals surface area contributed by atoms with Crippen molar-refractivity contribution in [2.75, 3.05) is 5.75 Å². The average Bonchev–Trinajstić information content (AvgIpc) is 2.43. The molecule has 0 amide bonds. The molecule has 0 bridgehead atoms. The van der Waals surface area contributed by atoms with Crippen LogP contribution < -0.4 is 0 Å². The maximum absolute atomic E-state index is 11.5. The zero-order valence-corrected chi connectivity index (χ0v) is 9.10. The maximum Gasteiger partial charge on any atom is 0.335 e. The Morgan fingerprint density at radius 3 is 2.67 bits per heavy atom. The highest BCUT2D eigenvalue weighted by Crippen LogP contribution is 2.32. The molecule has 6 heteroatoms. The summed E-state index contributed by atoms with van der Waals surface area (Å²) in [6, 6.07) is 2.45. The number of rotatable bonds is 1. The third kappa shape index (κ3) is 1.61. The fourth-order valence-electron chi connectivity index (χ4n) is 1.60. The summed E-state index contributed by atoms with van der Waals surface area (Å²) < 4.78 is 23.1. The summed E-state index contributed by atoms with van der Waals surface area (Å²) in [4.78, 5) is 10.8. The molecule has 1 heterocycles. The zero-order chi connectivity index (χ0) is 11.2. The van der Waals surface area contributed by atoms with Crippen molar-refractivity contribution >= 4 is 27.4 Å². The van der Waals surface area contributed by atoms with E-state index in [0.717, 1.165) is 0 Å². The Morgan fingerprint density at radius 1 is 1.40 bits per heavy atom. The summed E-state index contributed by atoms with van der Waals surface area (Å²) in [7, 11) is -3.33. The molecule has 0 saturated carbocycles. The number of hydrogen-bond donors (Lipinski definition) is 1. The first-order valence-corrected chi connectivity index (χ1v) is 6.23. The Morgan fingerprint density at radius 2 is 2.07 bits per heavy atom.